The first-order chi connectivity index (χ1) is 11.3. The number of nitriles is 1. The Morgan fingerprint density at radius 3 is 3.17 bits per heavy atom. The van der Waals surface area contributed by atoms with Gasteiger partial charge in [0, 0.05) is 25.7 Å². The third-order valence-electron chi connectivity index (χ3n) is 5.30. The fraction of sp³-hybridized carbons (Fsp3) is 0.529. The van der Waals surface area contributed by atoms with Gasteiger partial charge in [-0.2, -0.15) is 5.26 Å². The number of aryl methyl sites for hydroxylation is 1. The topological polar surface area (TPSA) is 78.8 Å². The molecule has 2 aromatic heterocycles. The zero-order chi connectivity index (χ0) is 15.9. The highest BCUT2D eigenvalue weighted by Crippen LogP contribution is 2.51. The normalized spacial score (nSPS) is 26.3. The highest BCUT2D eigenvalue weighted by atomic mass is 16.4. The predicted molar refractivity (Wildman–Crippen MR) is 83.9 cm³/mol. The third kappa shape index (κ3) is 2.11. The van der Waals surface area contributed by atoms with E-state index in [1.165, 1.54) is 12.8 Å². The van der Waals surface area contributed by atoms with Crippen LogP contribution in [-0.2, 0) is 11.8 Å². The fourth-order valence-corrected chi connectivity index (χ4v) is 4.16. The van der Waals surface area contributed by atoms with Gasteiger partial charge in [0.2, 0.25) is 11.8 Å². The van der Waals surface area contributed by atoms with Crippen LogP contribution in [0.15, 0.2) is 22.7 Å². The number of hydrogen-bond acceptors (Lipinski definition) is 6. The average molecular weight is 309 g/mol. The number of pyridine rings is 1. The number of rotatable bonds is 3. The van der Waals surface area contributed by atoms with Gasteiger partial charge in [-0.3, -0.25) is 0 Å². The summed E-state index contributed by atoms with van der Waals surface area (Å²) in [4.78, 5) is 6.46. The number of aromatic nitrogens is 3. The van der Waals surface area contributed by atoms with E-state index < -0.39 is 0 Å². The molecular formula is C17H19N5O. The van der Waals surface area contributed by atoms with Gasteiger partial charge in [0.1, 0.15) is 6.07 Å². The molecule has 1 aliphatic carbocycles. The minimum absolute atomic E-state index is 0.0665. The maximum atomic E-state index is 9.32. The first kappa shape index (κ1) is 14.2. The predicted octanol–water partition coefficient (Wildman–Crippen LogP) is 2.46. The molecule has 4 rings (SSSR count). The lowest BCUT2D eigenvalue weighted by Gasteiger charge is -2.25. The number of hydrogen-bond donors (Lipinski definition) is 0. The van der Waals surface area contributed by atoms with E-state index in [0.29, 0.717) is 17.5 Å². The lowest BCUT2D eigenvalue weighted by molar-refractivity contribution is 0.297. The average Bonchev–Trinajstić information content (AvgIpc) is 3.27. The van der Waals surface area contributed by atoms with Crippen molar-refractivity contribution < 1.29 is 4.42 Å². The van der Waals surface area contributed by atoms with Crippen molar-refractivity contribution in [2.75, 3.05) is 18.0 Å². The van der Waals surface area contributed by atoms with Crippen LogP contribution in [-0.4, -0.2) is 28.3 Å². The van der Waals surface area contributed by atoms with Gasteiger partial charge in [-0.1, -0.05) is 13.3 Å². The van der Waals surface area contributed by atoms with Gasteiger partial charge in [-0.15, -0.1) is 10.2 Å². The minimum Gasteiger partial charge on any atom is -0.425 e. The second-order valence-corrected chi connectivity index (χ2v) is 6.46. The number of anilines is 1. The van der Waals surface area contributed by atoms with E-state index >= 15 is 0 Å². The lowest BCUT2D eigenvalue weighted by Crippen LogP contribution is -2.32. The summed E-state index contributed by atoms with van der Waals surface area (Å²) >= 11 is 0. The molecule has 0 aromatic carbocycles. The largest absolute Gasteiger partial charge is 0.425 e. The summed E-state index contributed by atoms with van der Waals surface area (Å²) in [5.41, 5.74) is 1.34. The molecular weight excluding hydrogens is 290 g/mol. The molecule has 0 unspecified atom stereocenters. The van der Waals surface area contributed by atoms with Crippen molar-refractivity contribution in [2.45, 2.75) is 38.0 Å². The summed E-state index contributed by atoms with van der Waals surface area (Å²) in [6.45, 7) is 3.77. The van der Waals surface area contributed by atoms with E-state index in [4.69, 9.17) is 4.42 Å². The van der Waals surface area contributed by atoms with Gasteiger partial charge in [0.05, 0.1) is 11.1 Å². The summed E-state index contributed by atoms with van der Waals surface area (Å²) < 4.78 is 5.93. The highest BCUT2D eigenvalue weighted by Gasteiger charge is 2.54. The standard InChI is InChI=1S/C17H19N5O/c1-2-15-20-21-16(23-15)17-7-3-5-12(17)10-22(11-17)14-6-4-8-19-13(14)9-18/h4,6,8,12H,2-3,5,7,10-11H2,1H3/t12-,17-/m0/s1. The first-order valence-corrected chi connectivity index (χ1v) is 8.20. The van der Waals surface area contributed by atoms with Crippen LogP contribution < -0.4 is 4.90 Å². The molecule has 1 saturated heterocycles. The Morgan fingerprint density at radius 1 is 1.48 bits per heavy atom. The zero-order valence-corrected chi connectivity index (χ0v) is 13.2. The van der Waals surface area contributed by atoms with Crippen LogP contribution in [0.1, 0.15) is 43.7 Å². The van der Waals surface area contributed by atoms with Gasteiger partial charge >= 0.3 is 0 Å². The van der Waals surface area contributed by atoms with Crippen LogP contribution in [0, 0.1) is 17.2 Å². The second kappa shape index (κ2) is 5.34. The fourth-order valence-electron chi connectivity index (χ4n) is 4.16. The second-order valence-electron chi connectivity index (χ2n) is 6.46. The smallest absolute Gasteiger partial charge is 0.224 e. The molecule has 0 bridgehead atoms. The van der Waals surface area contributed by atoms with Crippen molar-refractivity contribution in [3.63, 3.8) is 0 Å². The molecule has 3 heterocycles. The Morgan fingerprint density at radius 2 is 2.39 bits per heavy atom. The van der Waals surface area contributed by atoms with E-state index in [2.05, 4.69) is 26.2 Å². The highest BCUT2D eigenvalue weighted by molar-refractivity contribution is 5.57. The molecule has 0 spiro atoms. The van der Waals surface area contributed by atoms with Crippen molar-refractivity contribution in [1.82, 2.24) is 15.2 Å². The van der Waals surface area contributed by atoms with Crippen LogP contribution in [0.4, 0.5) is 5.69 Å². The molecule has 0 amide bonds. The molecule has 6 nitrogen and oxygen atoms in total. The monoisotopic (exact) mass is 309 g/mol. The maximum Gasteiger partial charge on any atom is 0.224 e. The zero-order valence-electron chi connectivity index (χ0n) is 13.2. The van der Waals surface area contributed by atoms with Gasteiger partial charge in [0.25, 0.3) is 0 Å². The Balaban J connectivity index is 1.70. The van der Waals surface area contributed by atoms with Gasteiger partial charge in [-0.25, -0.2) is 4.98 Å². The molecule has 6 heteroatoms. The number of fused-ring (bicyclic) bond motifs is 1. The van der Waals surface area contributed by atoms with Crippen molar-refractivity contribution in [3.8, 4) is 6.07 Å². The molecule has 2 aliphatic rings. The molecule has 2 aromatic rings. The Kier molecular flexibility index (Phi) is 3.29. The maximum absolute atomic E-state index is 9.32. The molecule has 1 aliphatic heterocycles. The molecule has 2 atom stereocenters. The Bertz CT molecular complexity index is 764. The summed E-state index contributed by atoms with van der Waals surface area (Å²) in [5.74, 6) is 1.98. The molecule has 118 valence electrons. The molecule has 1 saturated carbocycles. The van der Waals surface area contributed by atoms with Crippen LogP contribution in [0.3, 0.4) is 0 Å². The van der Waals surface area contributed by atoms with E-state index in [-0.39, 0.29) is 5.41 Å². The van der Waals surface area contributed by atoms with Crippen molar-refractivity contribution in [3.05, 3.63) is 35.8 Å². The minimum atomic E-state index is -0.0665. The summed E-state index contributed by atoms with van der Waals surface area (Å²) in [6.07, 6.45) is 5.86. The van der Waals surface area contributed by atoms with E-state index in [0.717, 1.165) is 37.5 Å². The Hall–Kier alpha value is -2.42. The first-order valence-electron chi connectivity index (χ1n) is 8.20. The van der Waals surface area contributed by atoms with Crippen molar-refractivity contribution in [1.29, 1.82) is 5.26 Å². The summed E-state index contributed by atoms with van der Waals surface area (Å²) in [6, 6.07) is 6.07. The molecule has 2 fully saturated rings. The van der Waals surface area contributed by atoms with Crippen LogP contribution >= 0.6 is 0 Å². The van der Waals surface area contributed by atoms with Gasteiger partial charge in [-0.05, 0) is 30.9 Å². The van der Waals surface area contributed by atoms with Crippen molar-refractivity contribution in [2.24, 2.45) is 5.92 Å². The molecule has 0 N–H and O–H groups in total. The molecule has 0 radical (unpaired) electrons. The Labute approximate surface area is 135 Å². The van der Waals surface area contributed by atoms with Crippen LogP contribution in [0.2, 0.25) is 0 Å². The summed E-state index contributed by atoms with van der Waals surface area (Å²) in [5, 5.41) is 17.8. The third-order valence-corrected chi connectivity index (χ3v) is 5.30. The lowest BCUT2D eigenvalue weighted by atomic mass is 9.80. The molecule has 23 heavy (non-hydrogen) atoms. The van der Waals surface area contributed by atoms with E-state index in [1.54, 1.807) is 6.20 Å². The van der Waals surface area contributed by atoms with E-state index in [9.17, 15) is 5.26 Å². The summed E-state index contributed by atoms with van der Waals surface area (Å²) in [7, 11) is 0. The van der Waals surface area contributed by atoms with Gasteiger partial charge < -0.3 is 9.32 Å². The van der Waals surface area contributed by atoms with Crippen LogP contribution in [0.25, 0.3) is 0 Å². The van der Waals surface area contributed by atoms with Crippen LogP contribution in [0.5, 0.6) is 0 Å². The van der Waals surface area contributed by atoms with E-state index in [1.807, 2.05) is 19.1 Å². The number of nitrogens with zero attached hydrogens (tertiary/aromatic N) is 5. The van der Waals surface area contributed by atoms with Gasteiger partial charge in [0.15, 0.2) is 5.69 Å². The quantitative estimate of drug-likeness (QED) is 0.866. The van der Waals surface area contributed by atoms with Crippen molar-refractivity contribution >= 4 is 5.69 Å². The SMILES string of the molecule is CCc1nnc([C@]23CCC[C@H]2CN(c2cccnc2C#N)C3)o1.